The van der Waals surface area contributed by atoms with Gasteiger partial charge in [-0.25, -0.2) is 4.79 Å². The average molecular weight is 285 g/mol. The third-order valence-electron chi connectivity index (χ3n) is 3.53. The van der Waals surface area contributed by atoms with Crippen LogP contribution in [0.25, 0.3) is 10.9 Å². The Hall–Kier alpha value is -2.36. The van der Waals surface area contributed by atoms with Crippen molar-refractivity contribution < 1.29 is 9.90 Å². The highest BCUT2D eigenvalue weighted by Crippen LogP contribution is 2.13. The minimum Gasteiger partial charge on any atom is -0.477 e. The number of para-hydroxylation sites is 1. The second kappa shape index (κ2) is 6.88. The molecule has 0 saturated carbocycles. The van der Waals surface area contributed by atoms with Gasteiger partial charge >= 0.3 is 5.97 Å². The van der Waals surface area contributed by atoms with Crippen LogP contribution in [0.15, 0.2) is 47.9 Å². The molecule has 0 bridgehead atoms. The maximum absolute atomic E-state index is 12.1. The quantitative estimate of drug-likeness (QED) is 0.626. The third-order valence-corrected chi connectivity index (χ3v) is 3.53. The molecule has 2 rings (SSSR count). The fourth-order valence-electron chi connectivity index (χ4n) is 2.43. The maximum Gasteiger partial charge on any atom is 0.341 e. The number of aromatic carboxylic acids is 1. The van der Waals surface area contributed by atoms with E-state index in [1.54, 1.807) is 12.1 Å². The van der Waals surface area contributed by atoms with Crippen molar-refractivity contribution in [1.29, 1.82) is 0 Å². The Morgan fingerprint density at radius 3 is 2.71 bits per heavy atom. The molecule has 4 heteroatoms. The molecule has 0 aliphatic rings. The van der Waals surface area contributed by atoms with E-state index in [-0.39, 0.29) is 5.56 Å². The molecule has 0 fully saturated rings. The lowest BCUT2D eigenvalue weighted by molar-refractivity contribution is 0.0695. The van der Waals surface area contributed by atoms with Crippen LogP contribution in [-0.2, 0) is 6.54 Å². The fraction of sp³-hybridized carbons (Fsp3) is 0.294. The first-order chi connectivity index (χ1) is 10.1. The minimum atomic E-state index is -1.17. The van der Waals surface area contributed by atoms with Crippen LogP contribution in [0.1, 0.15) is 36.0 Å². The van der Waals surface area contributed by atoms with Gasteiger partial charge in [-0.1, -0.05) is 24.6 Å². The molecule has 0 aliphatic heterocycles. The summed E-state index contributed by atoms with van der Waals surface area (Å²) in [5, 5.41) is 9.63. The predicted octanol–water partition coefficient (Wildman–Crippen LogP) is 3.45. The molecule has 4 nitrogen and oxygen atoms in total. The second-order valence-corrected chi connectivity index (χ2v) is 5.03. The van der Waals surface area contributed by atoms with E-state index in [9.17, 15) is 9.59 Å². The lowest BCUT2D eigenvalue weighted by atomic mass is 10.1. The van der Waals surface area contributed by atoms with E-state index in [1.807, 2.05) is 22.8 Å². The molecule has 0 amide bonds. The monoisotopic (exact) mass is 285 g/mol. The van der Waals surface area contributed by atoms with Crippen molar-refractivity contribution >= 4 is 16.9 Å². The van der Waals surface area contributed by atoms with Gasteiger partial charge in [0.25, 0.3) is 0 Å². The lowest BCUT2D eigenvalue weighted by Crippen LogP contribution is -2.19. The number of rotatable bonds is 7. The number of hydrogen-bond acceptors (Lipinski definition) is 2. The Balaban J connectivity index is 2.33. The van der Waals surface area contributed by atoms with Gasteiger partial charge in [-0.3, -0.25) is 4.79 Å². The highest BCUT2D eigenvalue weighted by Gasteiger charge is 2.13. The molecule has 110 valence electrons. The number of hydrogen-bond donors (Lipinski definition) is 1. The molecule has 0 unspecified atom stereocenters. The van der Waals surface area contributed by atoms with Crippen molar-refractivity contribution in [3.8, 4) is 0 Å². The summed E-state index contributed by atoms with van der Waals surface area (Å²) in [6.07, 6.45) is 7.42. The maximum atomic E-state index is 12.1. The highest BCUT2D eigenvalue weighted by molar-refractivity contribution is 5.92. The van der Waals surface area contributed by atoms with Gasteiger partial charge in [0.1, 0.15) is 5.56 Å². The van der Waals surface area contributed by atoms with Gasteiger partial charge in [-0.2, -0.15) is 0 Å². The van der Waals surface area contributed by atoms with Gasteiger partial charge in [-0.15, -0.1) is 6.58 Å². The van der Waals surface area contributed by atoms with Gasteiger partial charge in [0.05, 0.1) is 5.52 Å². The molecular weight excluding hydrogens is 266 g/mol. The number of aryl methyl sites for hydroxylation is 1. The average Bonchev–Trinajstić information content (AvgIpc) is 2.49. The zero-order valence-corrected chi connectivity index (χ0v) is 11.9. The number of aromatic nitrogens is 1. The Labute approximate surface area is 123 Å². The molecule has 1 aromatic carbocycles. The smallest absolute Gasteiger partial charge is 0.341 e. The van der Waals surface area contributed by atoms with Crippen molar-refractivity contribution in [2.45, 2.75) is 32.2 Å². The summed E-state index contributed by atoms with van der Waals surface area (Å²) in [4.78, 5) is 23.3. The standard InChI is InChI=1S/C17H19NO3/c1-2-3-4-5-8-11-18-12-14(17(20)21)16(19)13-9-6-7-10-15(13)18/h2,6-7,9-10,12H,1,3-5,8,11H2,(H,20,21). The van der Waals surface area contributed by atoms with Gasteiger partial charge in [-0.05, 0) is 31.4 Å². The molecule has 1 N–H and O–H groups in total. The van der Waals surface area contributed by atoms with E-state index in [2.05, 4.69) is 6.58 Å². The summed E-state index contributed by atoms with van der Waals surface area (Å²) >= 11 is 0. The molecule has 0 spiro atoms. The van der Waals surface area contributed by atoms with E-state index < -0.39 is 11.4 Å². The summed E-state index contributed by atoms with van der Waals surface area (Å²) < 4.78 is 1.87. The van der Waals surface area contributed by atoms with Gasteiger partial charge in [0.15, 0.2) is 0 Å². The summed E-state index contributed by atoms with van der Waals surface area (Å²) in [6, 6.07) is 7.14. The van der Waals surface area contributed by atoms with Gasteiger partial charge < -0.3 is 9.67 Å². The summed E-state index contributed by atoms with van der Waals surface area (Å²) in [5.41, 5.74) is 0.206. The number of benzene rings is 1. The first-order valence-electron chi connectivity index (χ1n) is 7.11. The van der Waals surface area contributed by atoms with Crippen molar-refractivity contribution in [3.05, 3.63) is 58.9 Å². The number of carbonyl (C=O) groups is 1. The summed E-state index contributed by atoms with van der Waals surface area (Å²) in [6.45, 7) is 4.40. The minimum absolute atomic E-state index is 0.167. The Morgan fingerprint density at radius 1 is 1.24 bits per heavy atom. The van der Waals surface area contributed by atoms with E-state index >= 15 is 0 Å². The normalized spacial score (nSPS) is 10.7. The number of allylic oxidation sites excluding steroid dienone is 1. The number of unbranched alkanes of at least 4 members (excludes halogenated alkanes) is 3. The zero-order valence-electron chi connectivity index (χ0n) is 11.9. The van der Waals surface area contributed by atoms with Crippen LogP contribution in [0.4, 0.5) is 0 Å². The predicted molar refractivity (Wildman–Crippen MR) is 83.8 cm³/mol. The van der Waals surface area contributed by atoms with Crippen LogP contribution in [-0.4, -0.2) is 15.6 Å². The number of pyridine rings is 1. The van der Waals surface area contributed by atoms with E-state index in [0.29, 0.717) is 11.9 Å². The van der Waals surface area contributed by atoms with E-state index in [0.717, 1.165) is 31.2 Å². The zero-order chi connectivity index (χ0) is 15.2. The highest BCUT2D eigenvalue weighted by atomic mass is 16.4. The fourth-order valence-corrected chi connectivity index (χ4v) is 2.43. The summed E-state index contributed by atoms with van der Waals surface area (Å²) in [5.74, 6) is -1.17. The molecule has 1 heterocycles. The molecule has 0 atom stereocenters. The van der Waals surface area contributed by atoms with Crippen molar-refractivity contribution in [2.24, 2.45) is 0 Å². The SMILES string of the molecule is C=CCCCCCn1cc(C(=O)O)c(=O)c2ccccc21. The van der Waals surface area contributed by atoms with Crippen molar-refractivity contribution in [2.75, 3.05) is 0 Å². The van der Waals surface area contributed by atoms with Crippen LogP contribution in [0.5, 0.6) is 0 Å². The molecule has 0 saturated heterocycles. The Morgan fingerprint density at radius 2 is 2.00 bits per heavy atom. The topological polar surface area (TPSA) is 59.3 Å². The van der Waals surface area contributed by atoms with Gasteiger partial charge in [0, 0.05) is 18.1 Å². The molecule has 0 aliphatic carbocycles. The van der Waals surface area contributed by atoms with E-state index in [4.69, 9.17) is 5.11 Å². The van der Waals surface area contributed by atoms with Gasteiger partial charge in [0.2, 0.25) is 5.43 Å². The first-order valence-corrected chi connectivity index (χ1v) is 7.11. The van der Waals surface area contributed by atoms with Crippen LogP contribution in [0, 0.1) is 0 Å². The number of fused-ring (bicyclic) bond motifs is 1. The van der Waals surface area contributed by atoms with Crippen LogP contribution in [0.2, 0.25) is 0 Å². The first kappa shape index (κ1) is 15.0. The van der Waals surface area contributed by atoms with Crippen LogP contribution >= 0.6 is 0 Å². The molecule has 1 aromatic heterocycles. The molecule has 2 aromatic rings. The molecular formula is C17H19NO3. The number of carboxylic acid groups (broad SMARTS) is 1. The number of nitrogens with zero attached hydrogens (tertiary/aromatic N) is 1. The Kier molecular flexibility index (Phi) is 4.93. The molecule has 0 radical (unpaired) electrons. The summed E-state index contributed by atoms with van der Waals surface area (Å²) in [7, 11) is 0. The molecule has 21 heavy (non-hydrogen) atoms. The van der Waals surface area contributed by atoms with Crippen molar-refractivity contribution in [3.63, 3.8) is 0 Å². The van der Waals surface area contributed by atoms with E-state index in [1.165, 1.54) is 6.20 Å². The third kappa shape index (κ3) is 3.40. The van der Waals surface area contributed by atoms with Crippen molar-refractivity contribution in [1.82, 2.24) is 4.57 Å². The largest absolute Gasteiger partial charge is 0.477 e. The number of carboxylic acids is 1. The van der Waals surface area contributed by atoms with Crippen LogP contribution in [0.3, 0.4) is 0 Å². The lowest BCUT2D eigenvalue weighted by Gasteiger charge is -2.12. The second-order valence-electron chi connectivity index (χ2n) is 5.03. The van der Waals surface area contributed by atoms with Crippen LogP contribution < -0.4 is 5.43 Å². The Bertz CT molecular complexity index is 716.